The molecule has 1 amide bonds. The summed E-state index contributed by atoms with van der Waals surface area (Å²) in [4.78, 5) is 26.8. The standard InChI is InChI=1S/C14H19N3O3/c1-7-5-11(12(13(15)18)8(2)16-7)17-10-4-3-9(6-10)14(19)20/h5,9-10H,3-4,6H2,1-2H3,(H2,15,18)(H,16,17)(H,19,20)/t9-,10+/m1/s1. The van der Waals surface area contributed by atoms with Gasteiger partial charge < -0.3 is 16.2 Å². The van der Waals surface area contributed by atoms with Crippen molar-refractivity contribution >= 4 is 17.6 Å². The van der Waals surface area contributed by atoms with E-state index in [2.05, 4.69) is 10.3 Å². The van der Waals surface area contributed by atoms with Crippen LogP contribution in [0.2, 0.25) is 0 Å². The predicted octanol–water partition coefficient (Wildman–Crippen LogP) is 1.46. The molecule has 2 atom stereocenters. The minimum absolute atomic E-state index is 0.0513. The van der Waals surface area contributed by atoms with Gasteiger partial charge in [0, 0.05) is 11.7 Å². The molecule has 20 heavy (non-hydrogen) atoms. The highest BCUT2D eigenvalue weighted by Crippen LogP contribution is 2.30. The maximum atomic E-state index is 11.5. The van der Waals surface area contributed by atoms with Crippen LogP contribution in [0.5, 0.6) is 0 Å². The number of nitrogens with two attached hydrogens (primary N) is 1. The lowest BCUT2D eigenvalue weighted by atomic mass is 10.1. The zero-order chi connectivity index (χ0) is 14.9. The van der Waals surface area contributed by atoms with E-state index in [9.17, 15) is 9.59 Å². The van der Waals surface area contributed by atoms with Crippen molar-refractivity contribution in [2.24, 2.45) is 11.7 Å². The molecule has 1 aromatic heterocycles. The minimum Gasteiger partial charge on any atom is -0.481 e. The lowest BCUT2D eigenvalue weighted by Gasteiger charge is -2.18. The summed E-state index contributed by atoms with van der Waals surface area (Å²) in [6.07, 6.45) is 1.99. The Labute approximate surface area is 117 Å². The summed E-state index contributed by atoms with van der Waals surface area (Å²) in [5.41, 5.74) is 7.82. The first-order valence-electron chi connectivity index (χ1n) is 6.66. The molecule has 0 radical (unpaired) electrons. The number of pyridine rings is 1. The van der Waals surface area contributed by atoms with Gasteiger partial charge in [-0.2, -0.15) is 0 Å². The molecule has 1 heterocycles. The van der Waals surface area contributed by atoms with Crippen molar-refractivity contribution in [1.82, 2.24) is 4.98 Å². The van der Waals surface area contributed by atoms with Gasteiger partial charge in [-0.15, -0.1) is 0 Å². The Hall–Kier alpha value is -2.11. The van der Waals surface area contributed by atoms with Gasteiger partial charge in [0.05, 0.1) is 22.9 Å². The molecule has 0 spiro atoms. The van der Waals surface area contributed by atoms with E-state index in [1.165, 1.54) is 0 Å². The van der Waals surface area contributed by atoms with Gasteiger partial charge in [0.1, 0.15) is 0 Å². The van der Waals surface area contributed by atoms with Gasteiger partial charge in [0.25, 0.3) is 5.91 Å². The molecule has 6 heteroatoms. The highest BCUT2D eigenvalue weighted by atomic mass is 16.4. The molecule has 0 aromatic carbocycles. The van der Waals surface area contributed by atoms with Crippen LogP contribution in [-0.4, -0.2) is 28.0 Å². The van der Waals surface area contributed by atoms with Crippen molar-refractivity contribution < 1.29 is 14.7 Å². The fourth-order valence-electron chi connectivity index (χ4n) is 2.81. The molecule has 6 nitrogen and oxygen atoms in total. The van der Waals surface area contributed by atoms with Crippen LogP contribution in [-0.2, 0) is 4.79 Å². The number of hydrogen-bond acceptors (Lipinski definition) is 4. The molecule has 1 aliphatic carbocycles. The number of nitrogens with zero attached hydrogens (tertiary/aromatic N) is 1. The zero-order valence-corrected chi connectivity index (χ0v) is 11.6. The summed E-state index contributed by atoms with van der Waals surface area (Å²) in [5.74, 6) is -1.59. The van der Waals surface area contributed by atoms with E-state index >= 15 is 0 Å². The molecular weight excluding hydrogens is 258 g/mol. The molecule has 0 aliphatic heterocycles. The van der Waals surface area contributed by atoms with Crippen molar-refractivity contribution in [3.8, 4) is 0 Å². The number of carbonyl (C=O) groups excluding carboxylic acids is 1. The van der Waals surface area contributed by atoms with E-state index in [-0.39, 0.29) is 12.0 Å². The van der Waals surface area contributed by atoms with E-state index in [0.29, 0.717) is 29.8 Å². The molecule has 0 unspecified atom stereocenters. The highest BCUT2D eigenvalue weighted by Gasteiger charge is 2.30. The molecular formula is C14H19N3O3. The maximum absolute atomic E-state index is 11.5. The van der Waals surface area contributed by atoms with Gasteiger partial charge >= 0.3 is 5.97 Å². The van der Waals surface area contributed by atoms with Gasteiger partial charge in [-0.3, -0.25) is 14.6 Å². The smallest absolute Gasteiger partial charge is 0.306 e. The van der Waals surface area contributed by atoms with Gasteiger partial charge in [0.15, 0.2) is 0 Å². The fourth-order valence-corrected chi connectivity index (χ4v) is 2.81. The second-order valence-electron chi connectivity index (χ2n) is 5.33. The Bertz CT molecular complexity index is 557. The third-order valence-electron chi connectivity index (χ3n) is 3.72. The van der Waals surface area contributed by atoms with Crippen LogP contribution in [0.25, 0.3) is 0 Å². The Kier molecular flexibility index (Phi) is 3.92. The van der Waals surface area contributed by atoms with Crippen LogP contribution < -0.4 is 11.1 Å². The van der Waals surface area contributed by atoms with Crippen LogP contribution in [0.4, 0.5) is 5.69 Å². The summed E-state index contributed by atoms with van der Waals surface area (Å²) < 4.78 is 0. The first kappa shape index (κ1) is 14.3. The number of nitrogens with one attached hydrogen (secondary N) is 1. The largest absolute Gasteiger partial charge is 0.481 e. The van der Waals surface area contributed by atoms with Crippen LogP contribution in [0, 0.1) is 19.8 Å². The number of amides is 1. The fraction of sp³-hybridized carbons (Fsp3) is 0.500. The average molecular weight is 277 g/mol. The van der Waals surface area contributed by atoms with Gasteiger partial charge in [-0.25, -0.2) is 0 Å². The SMILES string of the molecule is Cc1cc(N[C@H]2CC[C@@H](C(=O)O)C2)c(C(N)=O)c(C)n1. The van der Waals surface area contributed by atoms with Gasteiger partial charge in [0.2, 0.25) is 0 Å². The van der Waals surface area contributed by atoms with Crippen LogP contribution in [0.15, 0.2) is 6.07 Å². The van der Waals surface area contributed by atoms with Crippen LogP contribution in [0.1, 0.15) is 41.0 Å². The maximum Gasteiger partial charge on any atom is 0.306 e. The number of aliphatic carboxylic acids is 1. The number of hydrogen-bond donors (Lipinski definition) is 3. The average Bonchev–Trinajstić information content (AvgIpc) is 2.75. The summed E-state index contributed by atoms with van der Waals surface area (Å²) in [6.45, 7) is 3.59. The van der Waals surface area contributed by atoms with E-state index in [1.54, 1.807) is 13.0 Å². The summed E-state index contributed by atoms with van der Waals surface area (Å²) in [5, 5.41) is 12.3. The Morgan fingerprint density at radius 1 is 1.40 bits per heavy atom. The van der Waals surface area contributed by atoms with Crippen LogP contribution >= 0.6 is 0 Å². The van der Waals surface area contributed by atoms with Crippen molar-refractivity contribution in [2.75, 3.05) is 5.32 Å². The molecule has 2 rings (SSSR count). The van der Waals surface area contributed by atoms with Crippen molar-refractivity contribution in [3.63, 3.8) is 0 Å². The zero-order valence-electron chi connectivity index (χ0n) is 11.6. The Morgan fingerprint density at radius 3 is 2.65 bits per heavy atom. The number of aryl methyl sites for hydroxylation is 2. The molecule has 108 valence electrons. The second-order valence-corrected chi connectivity index (χ2v) is 5.33. The number of rotatable bonds is 4. The second kappa shape index (κ2) is 5.48. The predicted molar refractivity (Wildman–Crippen MR) is 74.6 cm³/mol. The monoisotopic (exact) mass is 277 g/mol. The quantitative estimate of drug-likeness (QED) is 0.772. The van der Waals surface area contributed by atoms with Gasteiger partial charge in [-0.05, 0) is 39.2 Å². The number of anilines is 1. The van der Waals surface area contributed by atoms with Crippen molar-refractivity contribution in [2.45, 2.75) is 39.2 Å². The third kappa shape index (κ3) is 2.89. The number of carboxylic acid groups (broad SMARTS) is 1. The van der Waals surface area contributed by atoms with Crippen molar-refractivity contribution in [3.05, 3.63) is 23.0 Å². The van der Waals surface area contributed by atoms with Crippen LogP contribution in [0.3, 0.4) is 0 Å². The number of primary amides is 1. The molecule has 0 saturated heterocycles. The number of carboxylic acids is 1. The molecule has 0 bridgehead atoms. The Balaban J connectivity index is 2.21. The summed E-state index contributed by atoms with van der Waals surface area (Å²) >= 11 is 0. The topological polar surface area (TPSA) is 105 Å². The van der Waals surface area contributed by atoms with E-state index in [0.717, 1.165) is 12.1 Å². The lowest BCUT2D eigenvalue weighted by molar-refractivity contribution is -0.141. The lowest BCUT2D eigenvalue weighted by Crippen LogP contribution is -2.22. The molecule has 1 saturated carbocycles. The molecule has 1 fully saturated rings. The number of carbonyl (C=O) groups is 2. The first-order chi connectivity index (χ1) is 9.38. The first-order valence-corrected chi connectivity index (χ1v) is 6.66. The van der Waals surface area contributed by atoms with E-state index in [1.807, 2.05) is 6.92 Å². The summed E-state index contributed by atoms with van der Waals surface area (Å²) in [7, 11) is 0. The normalized spacial score (nSPS) is 21.7. The molecule has 4 N–H and O–H groups in total. The highest BCUT2D eigenvalue weighted by molar-refractivity contribution is 5.99. The number of aromatic nitrogens is 1. The molecule has 1 aromatic rings. The van der Waals surface area contributed by atoms with E-state index < -0.39 is 11.9 Å². The van der Waals surface area contributed by atoms with Gasteiger partial charge in [-0.1, -0.05) is 0 Å². The van der Waals surface area contributed by atoms with E-state index in [4.69, 9.17) is 10.8 Å². The minimum atomic E-state index is -0.758. The third-order valence-corrected chi connectivity index (χ3v) is 3.72. The Morgan fingerprint density at radius 2 is 2.10 bits per heavy atom. The van der Waals surface area contributed by atoms with Crippen molar-refractivity contribution in [1.29, 1.82) is 0 Å². The summed E-state index contributed by atoms with van der Waals surface area (Å²) in [6, 6.07) is 1.83. The molecule has 1 aliphatic rings.